The highest BCUT2D eigenvalue weighted by Gasteiger charge is 2.31. The number of nitrogens with one attached hydrogen (secondary N) is 2. The average molecular weight is 475 g/mol. The van der Waals surface area contributed by atoms with Gasteiger partial charge in [-0.25, -0.2) is 13.4 Å². The molecule has 0 radical (unpaired) electrons. The highest BCUT2D eigenvalue weighted by molar-refractivity contribution is 7.89. The van der Waals surface area contributed by atoms with Crippen LogP contribution in [0.3, 0.4) is 0 Å². The predicted molar refractivity (Wildman–Crippen MR) is 133 cm³/mol. The lowest BCUT2D eigenvalue weighted by Crippen LogP contribution is -2.41. The highest BCUT2D eigenvalue weighted by atomic mass is 32.2. The number of amides is 1. The van der Waals surface area contributed by atoms with E-state index in [9.17, 15) is 13.2 Å². The maximum atomic E-state index is 13.1. The van der Waals surface area contributed by atoms with Gasteiger partial charge in [0.25, 0.3) is 5.91 Å². The van der Waals surface area contributed by atoms with Gasteiger partial charge in [-0.1, -0.05) is 30.7 Å². The minimum atomic E-state index is -3.58. The smallest absolute Gasteiger partial charge is 0.255 e. The summed E-state index contributed by atoms with van der Waals surface area (Å²) < 4.78 is 27.7. The van der Waals surface area contributed by atoms with E-state index in [4.69, 9.17) is 0 Å². The number of hydrogen-bond donors (Lipinski definition) is 2. The van der Waals surface area contributed by atoms with Gasteiger partial charge in [0.2, 0.25) is 10.0 Å². The van der Waals surface area contributed by atoms with E-state index < -0.39 is 10.0 Å². The third-order valence-corrected chi connectivity index (χ3v) is 8.31. The van der Waals surface area contributed by atoms with E-state index in [-0.39, 0.29) is 16.8 Å². The molecule has 34 heavy (non-hydrogen) atoms. The van der Waals surface area contributed by atoms with Crippen molar-refractivity contribution in [3.63, 3.8) is 0 Å². The van der Waals surface area contributed by atoms with E-state index in [1.165, 1.54) is 12.1 Å². The molecule has 7 nitrogen and oxygen atoms in total. The number of benzene rings is 3. The predicted octanol–water partition coefficient (Wildman–Crippen LogP) is 5.05. The van der Waals surface area contributed by atoms with Crippen molar-refractivity contribution >= 4 is 32.7 Å². The lowest BCUT2D eigenvalue weighted by atomic mass is 10.1. The topological polar surface area (TPSA) is 95.2 Å². The molecule has 0 spiro atoms. The molecule has 4 aromatic rings. The molecule has 1 atom stereocenters. The van der Waals surface area contributed by atoms with Gasteiger partial charge < -0.3 is 10.3 Å². The zero-order valence-corrected chi connectivity index (χ0v) is 19.7. The first kappa shape index (κ1) is 22.3. The van der Waals surface area contributed by atoms with Crippen molar-refractivity contribution in [3.05, 3.63) is 78.4 Å². The van der Waals surface area contributed by atoms with Crippen LogP contribution in [-0.4, -0.2) is 41.2 Å². The van der Waals surface area contributed by atoms with Gasteiger partial charge >= 0.3 is 0 Å². The highest BCUT2D eigenvalue weighted by Crippen LogP contribution is 2.29. The average Bonchev–Trinajstić information content (AvgIpc) is 3.29. The number of carbonyl (C=O) groups excluding carboxylic acids is 1. The van der Waals surface area contributed by atoms with E-state index in [1.54, 1.807) is 16.4 Å². The van der Waals surface area contributed by atoms with Gasteiger partial charge in [-0.3, -0.25) is 4.79 Å². The molecule has 1 saturated heterocycles. The molecular formula is C26H26N4O3S. The van der Waals surface area contributed by atoms with Crippen LogP contribution in [0.5, 0.6) is 0 Å². The summed E-state index contributed by atoms with van der Waals surface area (Å²) in [5.41, 5.74) is 3.53. The fourth-order valence-electron chi connectivity index (χ4n) is 4.42. The van der Waals surface area contributed by atoms with Gasteiger partial charge in [0, 0.05) is 23.7 Å². The number of fused-ring (bicyclic) bond motifs is 1. The molecule has 2 heterocycles. The Bertz CT molecular complexity index is 1410. The summed E-state index contributed by atoms with van der Waals surface area (Å²) in [6, 6.07) is 21.3. The zero-order valence-electron chi connectivity index (χ0n) is 18.9. The van der Waals surface area contributed by atoms with Crippen molar-refractivity contribution in [1.29, 1.82) is 0 Å². The molecule has 0 unspecified atom stereocenters. The number of nitrogens with zero attached hydrogens (tertiary/aromatic N) is 2. The van der Waals surface area contributed by atoms with Gasteiger partial charge in [-0.15, -0.1) is 0 Å². The summed E-state index contributed by atoms with van der Waals surface area (Å²) in [4.78, 5) is 21.1. The van der Waals surface area contributed by atoms with Crippen molar-refractivity contribution in [2.75, 3.05) is 11.9 Å². The molecule has 2 N–H and O–H groups in total. The second-order valence-corrected chi connectivity index (χ2v) is 10.5. The molecule has 1 fully saturated rings. The van der Waals surface area contributed by atoms with Gasteiger partial charge in [-0.2, -0.15) is 4.31 Å². The lowest BCUT2D eigenvalue weighted by molar-refractivity contribution is 0.102. The Kier molecular flexibility index (Phi) is 5.93. The van der Waals surface area contributed by atoms with Crippen molar-refractivity contribution in [3.8, 4) is 11.4 Å². The van der Waals surface area contributed by atoms with Crippen LogP contribution in [0.1, 0.15) is 36.5 Å². The third kappa shape index (κ3) is 4.22. The number of para-hydroxylation sites is 3. The summed E-state index contributed by atoms with van der Waals surface area (Å²) in [5.74, 6) is 0.341. The third-order valence-electron chi connectivity index (χ3n) is 6.28. The SMILES string of the molecule is C[C@@H]1CCCCN1S(=O)(=O)c1ccc(C(=O)Nc2ccccc2-c2nc3ccccc3[nH]2)cc1. The standard InChI is InChI=1S/C26H26N4O3S/c1-18-8-6-7-17-30(18)34(32,33)20-15-13-19(14-16-20)26(31)29-22-10-3-2-9-21(22)25-27-23-11-4-5-12-24(23)28-25/h2-5,9-16,18H,6-8,17H2,1H3,(H,27,28)(H,29,31)/t18-/m1/s1. The Labute approximate surface area is 198 Å². The van der Waals surface area contributed by atoms with Crippen LogP contribution < -0.4 is 5.32 Å². The minimum absolute atomic E-state index is 0.0172. The number of sulfonamides is 1. The molecule has 1 aliphatic rings. The summed E-state index contributed by atoms with van der Waals surface area (Å²) in [6.45, 7) is 2.47. The van der Waals surface area contributed by atoms with Crippen LogP contribution in [0.15, 0.2) is 77.7 Å². The van der Waals surface area contributed by atoms with E-state index in [0.717, 1.165) is 35.9 Å². The molecule has 1 aliphatic heterocycles. The number of aromatic amines is 1. The number of piperidine rings is 1. The van der Waals surface area contributed by atoms with E-state index in [1.807, 2.05) is 55.5 Å². The normalized spacial score (nSPS) is 17.0. The quantitative estimate of drug-likeness (QED) is 0.423. The van der Waals surface area contributed by atoms with Crippen LogP contribution in [0.4, 0.5) is 5.69 Å². The summed E-state index contributed by atoms with van der Waals surface area (Å²) in [6.07, 6.45) is 2.78. The molecule has 174 valence electrons. The number of imidazole rings is 1. The molecule has 8 heteroatoms. The summed E-state index contributed by atoms with van der Waals surface area (Å²) >= 11 is 0. The number of hydrogen-bond acceptors (Lipinski definition) is 4. The summed E-state index contributed by atoms with van der Waals surface area (Å²) in [7, 11) is -3.58. The Morgan fingerprint density at radius 2 is 1.74 bits per heavy atom. The zero-order chi connectivity index (χ0) is 23.7. The van der Waals surface area contributed by atoms with Gasteiger partial charge in [-0.05, 0) is 68.3 Å². The first-order valence-electron chi connectivity index (χ1n) is 11.4. The molecule has 1 aromatic heterocycles. The second kappa shape index (κ2) is 9.04. The van der Waals surface area contributed by atoms with Crippen molar-refractivity contribution in [1.82, 2.24) is 14.3 Å². The fourth-order valence-corrected chi connectivity index (χ4v) is 6.12. The molecule has 0 saturated carbocycles. The first-order chi connectivity index (χ1) is 16.4. The molecule has 5 rings (SSSR count). The first-order valence-corrected chi connectivity index (χ1v) is 12.8. The number of aromatic nitrogens is 2. The second-order valence-electron chi connectivity index (χ2n) is 8.59. The number of carbonyl (C=O) groups is 1. The van der Waals surface area contributed by atoms with E-state index in [2.05, 4.69) is 15.3 Å². The van der Waals surface area contributed by atoms with Crippen molar-refractivity contribution in [2.45, 2.75) is 37.1 Å². The molecule has 0 aliphatic carbocycles. The molecule has 1 amide bonds. The van der Waals surface area contributed by atoms with Crippen LogP contribution >= 0.6 is 0 Å². The van der Waals surface area contributed by atoms with Gasteiger partial charge in [0.1, 0.15) is 5.82 Å². The van der Waals surface area contributed by atoms with E-state index >= 15 is 0 Å². The minimum Gasteiger partial charge on any atom is -0.338 e. The number of anilines is 1. The van der Waals surface area contributed by atoms with Crippen molar-refractivity contribution < 1.29 is 13.2 Å². The summed E-state index contributed by atoms with van der Waals surface area (Å²) in [5, 5.41) is 2.94. The molecule has 3 aromatic carbocycles. The Balaban J connectivity index is 1.37. The van der Waals surface area contributed by atoms with Crippen LogP contribution in [-0.2, 0) is 10.0 Å². The van der Waals surface area contributed by atoms with Crippen LogP contribution in [0.2, 0.25) is 0 Å². The Morgan fingerprint density at radius 1 is 1.00 bits per heavy atom. The number of H-pyrrole nitrogens is 1. The monoisotopic (exact) mass is 474 g/mol. The Morgan fingerprint density at radius 3 is 2.50 bits per heavy atom. The largest absolute Gasteiger partial charge is 0.338 e. The Hall–Kier alpha value is -3.49. The number of rotatable bonds is 5. The lowest BCUT2D eigenvalue weighted by Gasteiger charge is -2.32. The van der Waals surface area contributed by atoms with Gasteiger partial charge in [0.05, 0.1) is 21.6 Å². The fraction of sp³-hybridized carbons (Fsp3) is 0.231. The van der Waals surface area contributed by atoms with Crippen LogP contribution in [0, 0.1) is 0 Å². The molecular weight excluding hydrogens is 448 g/mol. The maximum absolute atomic E-state index is 13.1. The molecule has 0 bridgehead atoms. The van der Waals surface area contributed by atoms with E-state index in [0.29, 0.717) is 23.6 Å². The van der Waals surface area contributed by atoms with Crippen molar-refractivity contribution in [2.24, 2.45) is 0 Å². The van der Waals surface area contributed by atoms with Crippen LogP contribution in [0.25, 0.3) is 22.4 Å². The van der Waals surface area contributed by atoms with Gasteiger partial charge in [0.15, 0.2) is 0 Å². The maximum Gasteiger partial charge on any atom is 0.255 e.